The first kappa shape index (κ1) is 62.2. The third-order valence-corrected chi connectivity index (χ3v) is 16.3. The number of nitrogens with zero attached hydrogens (tertiary/aromatic N) is 11. The number of benzene rings is 4. The number of carbonyl (C=O) groups excluding carboxylic acids is 2. The molecular weight excluding hydrogens is 1140 g/mol. The summed E-state index contributed by atoms with van der Waals surface area (Å²) in [5.41, 5.74) is 1.49. The summed E-state index contributed by atoms with van der Waals surface area (Å²) < 4.78 is 127. The van der Waals surface area contributed by atoms with Gasteiger partial charge in [0.2, 0.25) is 11.8 Å². The van der Waals surface area contributed by atoms with E-state index in [1.54, 1.807) is 48.5 Å². The van der Waals surface area contributed by atoms with Crippen molar-refractivity contribution in [2.24, 2.45) is 0 Å². The topological polar surface area (TPSA) is 187 Å². The van der Waals surface area contributed by atoms with E-state index >= 15 is 4.39 Å². The summed E-state index contributed by atoms with van der Waals surface area (Å²) in [7, 11) is -3.23. The zero-order valence-electron chi connectivity index (χ0n) is 46.0. The third-order valence-electron chi connectivity index (χ3n) is 14.5. The number of sulfone groups is 1. The van der Waals surface area contributed by atoms with Gasteiger partial charge in [0.05, 0.1) is 37.8 Å². The number of hydrogen-bond acceptors (Lipinski definition) is 16. The minimum absolute atomic E-state index is 0.0252. The average molecular weight is 1200 g/mol. The first-order chi connectivity index (χ1) is 39.9. The van der Waals surface area contributed by atoms with Crippen molar-refractivity contribution in [3.05, 3.63) is 119 Å². The monoisotopic (exact) mass is 1200 g/mol. The maximum Gasteiger partial charge on any atom is 0.324 e. The highest BCUT2D eigenvalue weighted by Crippen LogP contribution is 2.30. The highest BCUT2D eigenvalue weighted by Gasteiger charge is 2.30. The van der Waals surface area contributed by atoms with Gasteiger partial charge in [0.1, 0.15) is 23.1 Å². The van der Waals surface area contributed by atoms with Crippen LogP contribution in [0.15, 0.2) is 93.8 Å². The summed E-state index contributed by atoms with van der Waals surface area (Å²) in [5, 5.41) is 12.8. The van der Waals surface area contributed by atoms with Crippen LogP contribution >= 0.6 is 11.6 Å². The van der Waals surface area contributed by atoms with Crippen molar-refractivity contribution in [3.8, 4) is 34.4 Å². The van der Waals surface area contributed by atoms with Crippen LogP contribution in [0.2, 0.25) is 0 Å². The van der Waals surface area contributed by atoms with Crippen LogP contribution in [0.25, 0.3) is 22.9 Å². The largest absolute Gasteiger partial charge is 0.494 e. The summed E-state index contributed by atoms with van der Waals surface area (Å²) in [6, 6.07) is 21.1. The van der Waals surface area contributed by atoms with E-state index in [1.165, 1.54) is 39.0 Å². The van der Waals surface area contributed by atoms with Crippen LogP contribution in [0.3, 0.4) is 0 Å². The summed E-state index contributed by atoms with van der Waals surface area (Å²) in [4.78, 5) is 39.5. The van der Waals surface area contributed by atoms with Gasteiger partial charge in [0.25, 0.3) is 11.8 Å². The predicted molar refractivity (Wildman–Crippen MR) is 299 cm³/mol. The van der Waals surface area contributed by atoms with Gasteiger partial charge in [-0.25, -0.2) is 22.0 Å². The minimum atomic E-state index is -3.23. The number of hydrogen-bond donors (Lipinski definition) is 0. The molecule has 0 atom stereocenters. The lowest BCUT2D eigenvalue weighted by molar-refractivity contribution is 0.115. The molecule has 0 bridgehead atoms. The number of anilines is 2. The standard InChI is InChI=1S/C30H37F3N6O5S.C26H29ClF3N5O3/c1-2-36-11-13-37(14-12-36)10-3-17-43-25-8-6-24(7-9-25)39(30(40)38-15-18-45(41,42)19-16-38)21-23-5-4-22(20-26(23)31)28-34-35-29(44-28)27(32)33;1-2-33-11-13-34(14-12-33)10-3-15-37-21-8-6-20(7-9-21)35(26(27)36)17-19-5-4-18(16-22(19)28)24-31-32-25(38-24)23(29)30/h4-9,20,27H,2-3,10-19,21H2,1H3;4-9,16,23H,2-3,10-15,17H2,1H3. The van der Waals surface area contributed by atoms with Gasteiger partial charge in [-0.3, -0.25) is 14.6 Å². The summed E-state index contributed by atoms with van der Waals surface area (Å²) in [6.07, 6.45) is -4.10. The van der Waals surface area contributed by atoms with Crippen molar-refractivity contribution in [1.29, 1.82) is 0 Å². The van der Waals surface area contributed by atoms with E-state index in [1.807, 2.05) is 0 Å². The molecule has 4 aromatic carbocycles. The molecule has 0 radical (unpaired) electrons. The Morgan fingerprint density at radius 3 is 1.35 bits per heavy atom. The molecule has 83 heavy (non-hydrogen) atoms. The fraction of sp³-hybridized carbons (Fsp3) is 0.464. The number of urea groups is 1. The summed E-state index contributed by atoms with van der Waals surface area (Å²) in [6.45, 7) is 17.9. The van der Waals surface area contributed by atoms with Crippen molar-refractivity contribution < 1.29 is 62.7 Å². The van der Waals surface area contributed by atoms with Gasteiger partial charge in [0.15, 0.2) is 9.84 Å². The second-order valence-electron chi connectivity index (χ2n) is 19.9. The van der Waals surface area contributed by atoms with Crippen molar-refractivity contribution in [3.63, 3.8) is 0 Å². The molecule has 0 unspecified atom stereocenters. The maximum absolute atomic E-state index is 15.3. The van der Waals surface area contributed by atoms with Crippen LogP contribution in [-0.2, 0) is 22.9 Å². The van der Waals surface area contributed by atoms with Crippen molar-refractivity contribution in [2.45, 2.75) is 52.6 Å². The molecule has 3 saturated heterocycles. The predicted octanol–water partition coefficient (Wildman–Crippen LogP) is 9.66. The van der Waals surface area contributed by atoms with E-state index in [-0.39, 0.29) is 71.7 Å². The molecule has 5 heterocycles. The Kier molecular flexibility index (Phi) is 22.2. The van der Waals surface area contributed by atoms with Crippen LogP contribution in [0.5, 0.6) is 11.5 Å². The zero-order valence-corrected chi connectivity index (χ0v) is 47.6. The molecule has 0 N–H and O–H groups in total. The van der Waals surface area contributed by atoms with Gasteiger partial charge < -0.3 is 42.8 Å². The molecule has 0 spiro atoms. The van der Waals surface area contributed by atoms with E-state index < -0.39 is 57.5 Å². The fourth-order valence-electron chi connectivity index (χ4n) is 9.49. The molecule has 3 aliphatic rings. The molecule has 3 amide bonds. The Balaban J connectivity index is 0.000000220. The van der Waals surface area contributed by atoms with E-state index in [4.69, 9.17) is 29.9 Å². The van der Waals surface area contributed by atoms with Gasteiger partial charge in [-0.15, -0.1) is 20.4 Å². The number of amides is 3. The van der Waals surface area contributed by atoms with E-state index in [0.29, 0.717) is 36.1 Å². The minimum Gasteiger partial charge on any atom is -0.494 e. The molecular formula is C56H66ClF6N11O8S. The quantitative estimate of drug-likeness (QED) is 0.0270. The molecule has 3 fully saturated rings. The Morgan fingerprint density at radius 1 is 0.578 bits per heavy atom. The molecule has 0 aliphatic carbocycles. The van der Waals surface area contributed by atoms with Crippen LogP contribution in [0, 0.1) is 11.6 Å². The smallest absolute Gasteiger partial charge is 0.324 e. The number of alkyl halides is 4. The number of likely N-dealkylation sites (N-methyl/N-ethyl adjacent to an activating group) is 2. The van der Waals surface area contributed by atoms with Gasteiger partial charge in [0, 0.05) is 112 Å². The molecule has 0 saturated carbocycles. The Morgan fingerprint density at radius 2 is 0.976 bits per heavy atom. The third kappa shape index (κ3) is 17.6. The van der Waals surface area contributed by atoms with Crippen molar-refractivity contribution in [2.75, 3.05) is 126 Å². The summed E-state index contributed by atoms with van der Waals surface area (Å²) in [5.74, 6) is -2.61. The SMILES string of the molecule is CCN1CCN(CCCOc2ccc(N(Cc3ccc(-c4nnc(C(F)F)o4)cc3F)C(=O)Cl)cc2)CC1.CCN1CCN(CCCOc2ccc(N(Cc3ccc(-c4nnc(C(F)F)o4)cc3F)C(=O)N3CCS(=O)(=O)CC3)cc2)CC1. The van der Waals surface area contributed by atoms with E-state index in [0.717, 1.165) is 104 Å². The number of aromatic nitrogens is 4. The van der Waals surface area contributed by atoms with Crippen molar-refractivity contribution >= 4 is 44.2 Å². The second-order valence-corrected chi connectivity index (χ2v) is 22.5. The van der Waals surface area contributed by atoms with Gasteiger partial charge in [-0.1, -0.05) is 26.0 Å². The first-order valence-corrected chi connectivity index (χ1v) is 29.5. The number of halogens is 7. The first-order valence-electron chi connectivity index (χ1n) is 27.4. The molecule has 3 aliphatic heterocycles. The van der Waals surface area contributed by atoms with Gasteiger partial charge >= 0.3 is 24.2 Å². The molecule has 6 aromatic rings. The normalized spacial score (nSPS) is 16.2. The van der Waals surface area contributed by atoms with Crippen LogP contribution in [0.1, 0.15) is 62.4 Å². The molecule has 2 aromatic heterocycles. The molecule has 448 valence electrons. The average Bonchev–Trinajstić information content (AvgIpc) is 4.26. The van der Waals surface area contributed by atoms with Crippen molar-refractivity contribution in [1.82, 2.24) is 44.9 Å². The van der Waals surface area contributed by atoms with Gasteiger partial charge in [-0.05, 0) is 110 Å². The van der Waals surface area contributed by atoms with E-state index in [9.17, 15) is 40.0 Å². The second kappa shape index (κ2) is 29.6. The summed E-state index contributed by atoms with van der Waals surface area (Å²) >= 11 is 5.80. The molecule has 9 rings (SSSR count). The number of piperazine rings is 2. The zero-order chi connectivity index (χ0) is 59.0. The van der Waals surface area contributed by atoms with Crippen LogP contribution in [0.4, 0.5) is 47.3 Å². The number of ether oxygens (including phenoxy) is 2. The Hall–Kier alpha value is -6.84. The Bertz CT molecular complexity index is 3150. The lowest BCUT2D eigenvalue weighted by atomic mass is 10.1. The Labute approximate surface area is 482 Å². The van der Waals surface area contributed by atoms with Gasteiger partial charge in [-0.2, -0.15) is 17.6 Å². The lowest BCUT2D eigenvalue weighted by Crippen LogP contribution is -2.49. The van der Waals surface area contributed by atoms with Crippen LogP contribution < -0.4 is 19.3 Å². The number of rotatable bonds is 22. The maximum atomic E-state index is 15.3. The highest BCUT2D eigenvalue weighted by atomic mass is 35.5. The highest BCUT2D eigenvalue weighted by molar-refractivity contribution is 7.91. The molecule has 19 nitrogen and oxygen atoms in total. The fourth-order valence-corrected chi connectivity index (χ4v) is 10.9. The van der Waals surface area contributed by atoms with Crippen LogP contribution in [-0.4, -0.2) is 181 Å². The lowest BCUT2D eigenvalue weighted by Gasteiger charge is -2.34. The number of carbonyl (C=O) groups is 2. The van der Waals surface area contributed by atoms with E-state index in [2.05, 4.69) is 53.8 Å². The molecule has 27 heteroatoms.